The lowest BCUT2D eigenvalue weighted by atomic mass is 10.1. The van der Waals surface area contributed by atoms with E-state index in [2.05, 4.69) is 36.0 Å². The molecule has 0 aliphatic carbocycles. The number of rotatable bonds is 1. The second-order valence-corrected chi connectivity index (χ2v) is 10.9. The van der Waals surface area contributed by atoms with Gasteiger partial charge in [-0.25, -0.2) is 9.97 Å². The van der Waals surface area contributed by atoms with Crippen molar-refractivity contribution in [2.75, 3.05) is 24.3 Å². The number of carbonyl (C=O) groups excluding carboxylic acids is 1. The van der Waals surface area contributed by atoms with Gasteiger partial charge in [0.15, 0.2) is 5.69 Å². The number of amides is 1. The average molecular weight is 620 g/mol. The van der Waals surface area contributed by atoms with Crippen LogP contribution in [0.25, 0.3) is 11.3 Å². The smallest absolute Gasteiger partial charge is 0.354 e. The van der Waals surface area contributed by atoms with Crippen LogP contribution in [0.3, 0.4) is 0 Å². The molecule has 42 heavy (non-hydrogen) atoms. The highest BCUT2D eigenvalue weighted by Gasteiger charge is 2.36. The molecule has 8 rings (SSSR count). The van der Waals surface area contributed by atoms with E-state index < -0.39 is 31.5 Å². The summed E-state index contributed by atoms with van der Waals surface area (Å²) in [5, 5.41) is 12.4. The van der Waals surface area contributed by atoms with E-state index in [-0.39, 0.29) is 28.5 Å². The summed E-state index contributed by atoms with van der Waals surface area (Å²) in [4.78, 5) is 25.0. The van der Waals surface area contributed by atoms with Gasteiger partial charge >= 0.3 is 14.2 Å². The largest absolute Gasteiger partial charge is 0.512 e. The number of pyridine rings is 1. The SMILES string of the molecule is CNC(=O)c1nc2ccc1Nc1nc(ncc1C(F)(F)F)Nc1ccc(cc1Cl)C[P+](=O)OCCCCn1cc-2cn1. The lowest BCUT2D eigenvalue weighted by Gasteiger charge is -2.17. The Kier molecular flexibility index (Phi) is 8.66. The molecule has 0 saturated carbocycles. The Morgan fingerprint density at radius 3 is 2.69 bits per heavy atom. The number of hydrogen-bond acceptors (Lipinski definition) is 9. The van der Waals surface area contributed by atoms with E-state index in [0.717, 1.165) is 0 Å². The Morgan fingerprint density at radius 1 is 1.12 bits per heavy atom. The van der Waals surface area contributed by atoms with Crippen LogP contribution in [0.5, 0.6) is 0 Å². The molecule has 16 heteroatoms. The molecule has 1 unspecified atom stereocenters. The molecule has 4 aliphatic rings. The maximum absolute atomic E-state index is 13.9. The molecule has 11 nitrogen and oxygen atoms in total. The van der Waals surface area contributed by atoms with Crippen molar-refractivity contribution in [1.29, 1.82) is 0 Å². The van der Waals surface area contributed by atoms with Gasteiger partial charge in [-0.15, -0.1) is 4.52 Å². The lowest BCUT2D eigenvalue weighted by Crippen LogP contribution is -2.21. The van der Waals surface area contributed by atoms with E-state index in [1.165, 1.54) is 13.1 Å². The number of benzene rings is 1. The number of carbonyl (C=O) groups is 1. The quantitative estimate of drug-likeness (QED) is 0.210. The molecular formula is C26H24ClF3N8O3P+. The fourth-order valence-electron chi connectivity index (χ4n) is 4.12. The first kappa shape index (κ1) is 29.4. The zero-order chi connectivity index (χ0) is 29.9. The van der Waals surface area contributed by atoms with E-state index in [9.17, 15) is 22.5 Å². The Morgan fingerprint density at radius 2 is 1.93 bits per heavy atom. The number of nitrogens with zero attached hydrogens (tertiary/aromatic N) is 5. The van der Waals surface area contributed by atoms with Gasteiger partial charge in [-0.3, -0.25) is 9.48 Å². The summed E-state index contributed by atoms with van der Waals surface area (Å²) in [6.45, 7) is 0.859. The number of aromatic nitrogens is 5. The Bertz CT molecular complexity index is 1650. The van der Waals surface area contributed by atoms with E-state index in [0.29, 0.717) is 54.7 Å². The first-order valence-electron chi connectivity index (χ1n) is 12.7. The molecule has 1 amide bonds. The minimum Gasteiger partial charge on any atom is -0.354 e. The molecule has 0 fully saturated rings. The van der Waals surface area contributed by atoms with Crippen LogP contribution in [0.1, 0.15) is 34.5 Å². The fraction of sp³-hybridized carbons (Fsp3) is 0.269. The maximum atomic E-state index is 13.9. The summed E-state index contributed by atoms with van der Waals surface area (Å²) >= 11 is 6.40. The van der Waals surface area contributed by atoms with Gasteiger partial charge in [0.05, 0.1) is 28.3 Å². The number of halogens is 4. The maximum Gasteiger partial charge on any atom is 0.512 e. The Hall–Kier alpha value is -4.13. The summed E-state index contributed by atoms with van der Waals surface area (Å²) in [6, 6.07) is 7.84. The monoisotopic (exact) mass is 619 g/mol. The van der Waals surface area contributed by atoms with Gasteiger partial charge in [-0.2, -0.15) is 23.3 Å². The molecule has 1 atom stereocenters. The summed E-state index contributed by atoms with van der Waals surface area (Å²) in [7, 11) is -0.592. The van der Waals surface area contributed by atoms with E-state index in [4.69, 9.17) is 16.1 Å². The van der Waals surface area contributed by atoms with Gasteiger partial charge in [-0.1, -0.05) is 17.7 Å². The Balaban J connectivity index is 1.58. The molecule has 0 radical (unpaired) electrons. The molecule has 3 N–H and O–H groups in total. The zero-order valence-corrected chi connectivity index (χ0v) is 23.7. The molecule has 3 aromatic heterocycles. The number of nitrogens with one attached hydrogen (secondary N) is 3. The Labute approximate surface area is 243 Å². The second-order valence-electron chi connectivity index (χ2n) is 9.21. The van der Waals surface area contributed by atoms with Crippen LogP contribution in [0, 0.1) is 0 Å². The summed E-state index contributed by atoms with van der Waals surface area (Å²) in [5.41, 5.74) is 0.665. The molecular weight excluding hydrogens is 596 g/mol. The molecule has 4 aliphatic heterocycles. The van der Waals surface area contributed by atoms with E-state index in [1.807, 2.05) is 0 Å². The van der Waals surface area contributed by atoms with Crippen LogP contribution in [-0.2, 0) is 28.0 Å². The predicted octanol–water partition coefficient (Wildman–Crippen LogP) is 6.31. The fourth-order valence-corrected chi connectivity index (χ4v) is 5.29. The first-order chi connectivity index (χ1) is 20.1. The highest BCUT2D eigenvalue weighted by Crippen LogP contribution is 2.37. The number of alkyl halides is 3. The van der Waals surface area contributed by atoms with Crippen LogP contribution in [0.2, 0.25) is 5.02 Å². The van der Waals surface area contributed by atoms with Crippen molar-refractivity contribution in [3.05, 3.63) is 70.8 Å². The summed E-state index contributed by atoms with van der Waals surface area (Å²) in [5.74, 6) is -1.41. The van der Waals surface area contributed by atoms with Crippen LogP contribution in [-0.4, -0.2) is 44.3 Å². The third-order valence-electron chi connectivity index (χ3n) is 6.22. The highest BCUT2D eigenvalue weighted by atomic mass is 35.5. The van der Waals surface area contributed by atoms with Gasteiger partial charge < -0.3 is 16.0 Å². The third-order valence-corrected chi connectivity index (χ3v) is 7.63. The lowest BCUT2D eigenvalue weighted by molar-refractivity contribution is -0.137. The topological polar surface area (TPSA) is 136 Å². The van der Waals surface area contributed by atoms with Crippen molar-refractivity contribution < 1.29 is 27.1 Å². The molecule has 0 saturated heterocycles. The number of aryl methyl sites for hydroxylation is 1. The van der Waals surface area contributed by atoms with Crippen LogP contribution in [0.15, 0.2) is 48.9 Å². The van der Waals surface area contributed by atoms with Gasteiger partial charge in [0.25, 0.3) is 5.91 Å². The summed E-state index contributed by atoms with van der Waals surface area (Å²) < 4.78 is 61.4. The molecule has 7 heterocycles. The number of anilines is 4. The van der Waals surface area contributed by atoms with Crippen LogP contribution in [0.4, 0.5) is 36.3 Å². The van der Waals surface area contributed by atoms with Gasteiger partial charge in [0.1, 0.15) is 18.0 Å². The first-order valence-corrected chi connectivity index (χ1v) is 14.4. The molecule has 8 bridgehead atoms. The molecule has 218 valence electrons. The highest BCUT2D eigenvalue weighted by molar-refractivity contribution is 7.38. The summed E-state index contributed by atoms with van der Waals surface area (Å²) in [6.07, 6.45) is 0.638. The third kappa shape index (κ3) is 6.84. The molecule has 4 aromatic rings. The van der Waals surface area contributed by atoms with Crippen molar-refractivity contribution in [2.45, 2.75) is 31.7 Å². The predicted molar refractivity (Wildman–Crippen MR) is 150 cm³/mol. The van der Waals surface area contributed by atoms with Crippen molar-refractivity contribution in [3.63, 3.8) is 0 Å². The molecule has 0 spiro atoms. The van der Waals surface area contributed by atoms with Crippen molar-refractivity contribution in [3.8, 4) is 11.3 Å². The van der Waals surface area contributed by atoms with E-state index >= 15 is 0 Å². The number of hydrogen-bond donors (Lipinski definition) is 3. The van der Waals surface area contributed by atoms with Crippen molar-refractivity contribution >= 4 is 48.7 Å². The van der Waals surface area contributed by atoms with Gasteiger partial charge in [0, 0.05) is 37.1 Å². The average Bonchev–Trinajstić information content (AvgIpc) is 3.42. The minimum atomic E-state index is -4.81. The van der Waals surface area contributed by atoms with E-state index in [1.54, 1.807) is 41.3 Å². The minimum absolute atomic E-state index is 0.00414. The second kappa shape index (κ2) is 12.4. The van der Waals surface area contributed by atoms with Gasteiger partial charge in [0.2, 0.25) is 12.1 Å². The molecule has 1 aromatic carbocycles. The van der Waals surface area contributed by atoms with Crippen molar-refractivity contribution in [1.82, 2.24) is 30.0 Å². The van der Waals surface area contributed by atoms with Gasteiger partial charge in [-0.05, 0) is 41.7 Å². The van der Waals surface area contributed by atoms with Crippen molar-refractivity contribution in [2.24, 2.45) is 0 Å². The standard InChI is InChI=1S/C26H23ClF3N8O3P/c1-31-24(39)22-21-7-6-19(34-22)16-11-33-38(13-16)8-2-3-9-41-42(40)14-15-4-5-20(18(27)10-15)36-25-32-12-17(26(28,29)30)23(35-21)37-25/h4-7,10-13H,2-3,8-9,14H2,1H3,(H2-,31,32,35,36,37,39)/p+1. The van der Waals surface area contributed by atoms with Crippen LogP contribution < -0.4 is 16.0 Å². The van der Waals surface area contributed by atoms with Crippen LogP contribution >= 0.6 is 19.6 Å². The normalized spacial score (nSPS) is 15.1. The zero-order valence-electron chi connectivity index (χ0n) is 22.1.